The predicted octanol–water partition coefficient (Wildman–Crippen LogP) is 2.77. The van der Waals surface area contributed by atoms with Crippen molar-refractivity contribution in [3.63, 3.8) is 0 Å². The lowest BCUT2D eigenvalue weighted by atomic mass is 10.1. The van der Waals surface area contributed by atoms with Crippen LogP contribution in [-0.2, 0) is 6.42 Å². The highest BCUT2D eigenvalue weighted by molar-refractivity contribution is 6.32. The highest BCUT2D eigenvalue weighted by atomic mass is 35.5. The van der Waals surface area contributed by atoms with Crippen molar-refractivity contribution in [2.24, 2.45) is 0 Å². The van der Waals surface area contributed by atoms with Gasteiger partial charge in [-0.3, -0.25) is 0 Å². The van der Waals surface area contributed by atoms with E-state index in [1.54, 1.807) is 0 Å². The van der Waals surface area contributed by atoms with Crippen LogP contribution in [0.2, 0.25) is 5.02 Å². The molecule has 0 aliphatic carbocycles. The molecule has 16 heavy (non-hydrogen) atoms. The maximum Gasteiger partial charge on any atom is 0.246 e. The van der Waals surface area contributed by atoms with E-state index in [4.69, 9.17) is 26.2 Å². The first-order valence-corrected chi connectivity index (χ1v) is 5.71. The van der Waals surface area contributed by atoms with E-state index in [2.05, 4.69) is 0 Å². The molecule has 0 radical (unpaired) electrons. The molecule has 0 spiro atoms. The average molecular weight is 243 g/mol. The summed E-state index contributed by atoms with van der Waals surface area (Å²) in [6.45, 7) is 3.87. The summed E-state index contributed by atoms with van der Waals surface area (Å²) in [5.74, 6) is 0.645. The summed E-state index contributed by atoms with van der Waals surface area (Å²) in [6.07, 6.45) is 1.51. The van der Waals surface area contributed by atoms with Crippen LogP contribution in [0.25, 0.3) is 0 Å². The number of aryl methyl sites for hydroxylation is 1. The zero-order valence-electron chi connectivity index (χ0n) is 9.42. The summed E-state index contributed by atoms with van der Waals surface area (Å²) in [4.78, 5) is 0. The molecular weight excluding hydrogens is 228 g/mol. The SMILES string of the molecule is CC1(C)Oc2cc(CCCO)cc(Cl)c2O1. The van der Waals surface area contributed by atoms with Crippen molar-refractivity contribution >= 4 is 11.6 Å². The first kappa shape index (κ1) is 11.6. The summed E-state index contributed by atoms with van der Waals surface area (Å²) in [5, 5.41) is 9.35. The van der Waals surface area contributed by atoms with Crippen molar-refractivity contribution in [2.45, 2.75) is 32.5 Å². The Kier molecular flexibility index (Phi) is 3.00. The smallest absolute Gasteiger partial charge is 0.246 e. The molecule has 0 atom stereocenters. The fraction of sp³-hybridized carbons (Fsp3) is 0.500. The van der Waals surface area contributed by atoms with Gasteiger partial charge in [-0.15, -0.1) is 0 Å². The summed E-state index contributed by atoms with van der Waals surface area (Å²) in [6, 6.07) is 3.78. The van der Waals surface area contributed by atoms with Crippen LogP contribution in [0.1, 0.15) is 25.8 Å². The molecule has 1 heterocycles. The van der Waals surface area contributed by atoms with Crippen LogP contribution in [0, 0.1) is 0 Å². The van der Waals surface area contributed by atoms with E-state index in [0.717, 1.165) is 18.4 Å². The summed E-state index contributed by atoms with van der Waals surface area (Å²) in [7, 11) is 0. The third kappa shape index (κ3) is 2.25. The molecule has 2 rings (SSSR count). The monoisotopic (exact) mass is 242 g/mol. The molecule has 1 aliphatic rings. The molecule has 1 aliphatic heterocycles. The Morgan fingerprint density at radius 1 is 1.31 bits per heavy atom. The molecule has 4 heteroatoms. The predicted molar refractivity (Wildman–Crippen MR) is 62.2 cm³/mol. The van der Waals surface area contributed by atoms with E-state index in [0.29, 0.717) is 16.5 Å². The molecule has 3 nitrogen and oxygen atoms in total. The van der Waals surface area contributed by atoms with Crippen molar-refractivity contribution in [1.82, 2.24) is 0 Å². The number of hydrogen-bond acceptors (Lipinski definition) is 3. The number of rotatable bonds is 3. The first-order chi connectivity index (χ1) is 7.52. The minimum atomic E-state index is -0.651. The quantitative estimate of drug-likeness (QED) is 0.886. The zero-order valence-corrected chi connectivity index (χ0v) is 10.2. The number of halogens is 1. The molecule has 1 aromatic rings. The highest BCUT2D eigenvalue weighted by Crippen LogP contribution is 2.45. The van der Waals surface area contributed by atoms with Crippen molar-refractivity contribution in [2.75, 3.05) is 6.61 Å². The third-order valence-corrected chi connectivity index (χ3v) is 2.68. The van der Waals surface area contributed by atoms with Gasteiger partial charge in [0.15, 0.2) is 11.5 Å². The van der Waals surface area contributed by atoms with Crippen molar-refractivity contribution in [1.29, 1.82) is 0 Å². The number of aliphatic hydroxyl groups excluding tert-OH is 1. The number of aliphatic hydroxyl groups is 1. The standard InChI is InChI=1S/C12H15ClO3/c1-12(2)15-10-7-8(4-3-5-14)6-9(13)11(10)16-12/h6-7,14H,3-5H2,1-2H3. The molecule has 0 aromatic heterocycles. The van der Waals surface area contributed by atoms with E-state index in [-0.39, 0.29) is 6.61 Å². The molecule has 0 saturated heterocycles. The zero-order chi connectivity index (χ0) is 11.8. The van der Waals surface area contributed by atoms with Gasteiger partial charge in [-0.25, -0.2) is 0 Å². The maximum absolute atomic E-state index is 8.78. The lowest BCUT2D eigenvalue weighted by Gasteiger charge is -2.16. The fourth-order valence-corrected chi connectivity index (χ4v) is 2.03. The lowest BCUT2D eigenvalue weighted by Crippen LogP contribution is -2.29. The number of ether oxygens (including phenoxy) is 2. The van der Waals surface area contributed by atoms with E-state index in [9.17, 15) is 0 Å². The Morgan fingerprint density at radius 3 is 2.75 bits per heavy atom. The fourth-order valence-electron chi connectivity index (χ4n) is 1.76. The molecule has 0 unspecified atom stereocenters. The molecule has 0 saturated carbocycles. The molecule has 0 bridgehead atoms. The van der Waals surface area contributed by atoms with Gasteiger partial charge in [0, 0.05) is 20.5 Å². The molecule has 0 fully saturated rings. The molecular formula is C12H15ClO3. The first-order valence-electron chi connectivity index (χ1n) is 5.33. The van der Waals surface area contributed by atoms with Gasteiger partial charge in [0.1, 0.15) is 0 Å². The molecule has 0 amide bonds. The van der Waals surface area contributed by atoms with Gasteiger partial charge in [-0.1, -0.05) is 11.6 Å². The average Bonchev–Trinajstić information content (AvgIpc) is 2.50. The molecule has 1 N–H and O–H groups in total. The van der Waals surface area contributed by atoms with Gasteiger partial charge in [0.05, 0.1) is 5.02 Å². The van der Waals surface area contributed by atoms with Crippen LogP contribution >= 0.6 is 11.6 Å². The van der Waals surface area contributed by atoms with Crippen LogP contribution < -0.4 is 9.47 Å². The van der Waals surface area contributed by atoms with E-state index in [1.165, 1.54) is 0 Å². The van der Waals surface area contributed by atoms with Gasteiger partial charge in [0.25, 0.3) is 0 Å². The summed E-state index contributed by atoms with van der Waals surface area (Å²) >= 11 is 6.11. The second-order valence-corrected chi connectivity index (χ2v) is 4.74. The second-order valence-electron chi connectivity index (χ2n) is 4.34. The van der Waals surface area contributed by atoms with Crippen LogP contribution in [0.15, 0.2) is 12.1 Å². The summed E-state index contributed by atoms with van der Waals surface area (Å²) in [5.41, 5.74) is 1.05. The summed E-state index contributed by atoms with van der Waals surface area (Å²) < 4.78 is 11.2. The van der Waals surface area contributed by atoms with Crippen LogP contribution in [0.3, 0.4) is 0 Å². The Balaban J connectivity index is 2.27. The van der Waals surface area contributed by atoms with Gasteiger partial charge in [-0.05, 0) is 30.5 Å². The number of benzene rings is 1. The van der Waals surface area contributed by atoms with Crippen molar-refractivity contribution in [3.8, 4) is 11.5 Å². The third-order valence-electron chi connectivity index (χ3n) is 2.40. The van der Waals surface area contributed by atoms with Gasteiger partial charge < -0.3 is 14.6 Å². The van der Waals surface area contributed by atoms with E-state index >= 15 is 0 Å². The largest absolute Gasteiger partial charge is 0.449 e. The van der Waals surface area contributed by atoms with Crippen molar-refractivity contribution < 1.29 is 14.6 Å². The Labute approximate surface area is 99.9 Å². The molecule has 88 valence electrons. The van der Waals surface area contributed by atoms with Gasteiger partial charge in [-0.2, -0.15) is 0 Å². The molecule has 1 aromatic carbocycles. The second kappa shape index (κ2) is 4.15. The highest BCUT2D eigenvalue weighted by Gasteiger charge is 2.33. The normalized spacial score (nSPS) is 16.5. The van der Waals surface area contributed by atoms with Crippen molar-refractivity contribution in [3.05, 3.63) is 22.7 Å². The van der Waals surface area contributed by atoms with Gasteiger partial charge >= 0.3 is 0 Å². The minimum Gasteiger partial charge on any atom is -0.449 e. The van der Waals surface area contributed by atoms with Gasteiger partial charge in [0.2, 0.25) is 5.79 Å². The van der Waals surface area contributed by atoms with Crippen LogP contribution in [0.4, 0.5) is 0 Å². The Bertz CT molecular complexity index is 401. The maximum atomic E-state index is 8.78. The number of fused-ring (bicyclic) bond motifs is 1. The number of hydrogen-bond donors (Lipinski definition) is 1. The topological polar surface area (TPSA) is 38.7 Å². The van der Waals surface area contributed by atoms with Crippen LogP contribution in [-0.4, -0.2) is 17.5 Å². The van der Waals surface area contributed by atoms with E-state index < -0.39 is 5.79 Å². The Morgan fingerprint density at radius 2 is 2.06 bits per heavy atom. The van der Waals surface area contributed by atoms with Crippen LogP contribution in [0.5, 0.6) is 11.5 Å². The minimum absolute atomic E-state index is 0.178. The van der Waals surface area contributed by atoms with E-state index in [1.807, 2.05) is 26.0 Å². The lowest BCUT2D eigenvalue weighted by molar-refractivity contribution is -0.0431. The Hall–Kier alpha value is -0.930.